The van der Waals surface area contributed by atoms with E-state index in [0.29, 0.717) is 18.3 Å². The Morgan fingerprint density at radius 1 is 1.29 bits per heavy atom. The van der Waals surface area contributed by atoms with Crippen molar-refractivity contribution in [3.05, 3.63) is 42.7 Å². The van der Waals surface area contributed by atoms with Crippen LogP contribution in [0.15, 0.2) is 36.9 Å². The molecular weight excluding hydrogens is 311 g/mol. The standard InChI is InChI=1S/C17H23FN4O2/c18-14-4-6-17(7-5-14)24-11-16(23)10-21-8-2-1-3-15(21)9-22-13-19-12-20-22/h4-7,12-13,15-16,23H,1-3,8-11H2/t15-,16-/m0/s1. The first kappa shape index (κ1) is 16.9. The van der Waals surface area contributed by atoms with Gasteiger partial charge in [-0.1, -0.05) is 6.42 Å². The van der Waals surface area contributed by atoms with Gasteiger partial charge < -0.3 is 9.84 Å². The molecule has 0 bridgehead atoms. The molecule has 3 rings (SSSR count). The van der Waals surface area contributed by atoms with Gasteiger partial charge in [-0.25, -0.2) is 9.37 Å². The van der Waals surface area contributed by atoms with Gasteiger partial charge in [0, 0.05) is 12.6 Å². The highest BCUT2D eigenvalue weighted by atomic mass is 19.1. The minimum Gasteiger partial charge on any atom is -0.491 e. The SMILES string of the molecule is O[C@H](COc1ccc(F)cc1)CN1CCCC[C@H]1Cn1cncn1. The average molecular weight is 334 g/mol. The van der Waals surface area contributed by atoms with Crippen LogP contribution in [0.1, 0.15) is 19.3 Å². The zero-order valence-electron chi connectivity index (χ0n) is 13.6. The molecule has 24 heavy (non-hydrogen) atoms. The number of piperidine rings is 1. The Bertz CT molecular complexity index is 606. The lowest BCUT2D eigenvalue weighted by Gasteiger charge is -2.36. The van der Waals surface area contributed by atoms with Gasteiger partial charge >= 0.3 is 0 Å². The van der Waals surface area contributed by atoms with Crippen LogP contribution in [0.3, 0.4) is 0 Å². The lowest BCUT2D eigenvalue weighted by molar-refractivity contribution is 0.0345. The molecule has 2 heterocycles. The lowest BCUT2D eigenvalue weighted by Crippen LogP contribution is -2.46. The lowest BCUT2D eigenvalue weighted by atomic mass is 10.0. The van der Waals surface area contributed by atoms with E-state index in [0.717, 1.165) is 25.9 Å². The van der Waals surface area contributed by atoms with Crippen molar-refractivity contribution in [1.29, 1.82) is 0 Å². The number of likely N-dealkylation sites (tertiary alicyclic amines) is 1. The van der Waals surface area contributed by atoms with Crippen molar-refractivity contribution in [2.75, 3.05) is 19.7 Å². The largest absolute Gasteiger partial charge is 0.491 e. The van der Waals surface area contributed by atoms with Crippen LogP contribution in [0, 0.1) is 5.82 Å². The fraction of sp³-hybridized carbons (Fsp3) is 0.529. The molecule has 0 spiro atoms. The first-order valence-electron chi connectivity index (χ1n) is 8.33. The van der Waals surface area contributed by atoms with Crippen LogP contribution in [0.4, 0.5) is 4.39 Å². The molecule has 1 saturated heterocycles. The molecule has 0 saturated carbocycles. The van der Waals surface area contributed by atoms with E-state index in [-0.39, 0.29) is 12.4 Å². The Morgan fingerprint density at radius 2 is 2.12 bits per heavy atom. The van der Waals surface area contributed by atoms with E-state index in [1.807, 2.05) is 4.68 Å². The van der Waals surface area contributed by atoms with Crippen LogP contribution in [0.5, 0.6) is 5.75 Å². The smallest absolute Gasteiger partial charge is 0.137 e. The molecule has 1 N–H and O–H groups in total. The molecule has 1 aromatic carbocycles. The zero-order valence-corrected chi connectivity index (χ0v) is 13.6. The summed E-state index contributed by atoms with van der Waals surface area (Å²) in [6, 6.07) is 6.18. The summed E-state index contributed by atoms with van der Waals surface area (Å²) in [7, 11) is 0. The van der Waals surface area contributed by atoms with E-state index in [1.54, 1.807) is 24.8 Å². The number of hydrogen-bond donors (Lipinski definition) is 1. The van der Waals surface area contributed by atoms with Crippen LogP contribution < -0.4 is 4.74 Å². The molecular formula is C17H23FN4O2. The molecule has 1 aromatic heterocycles. The summed E-state index contributed by atoms with van der Waals surface area (Å²) in [6.45, 7) is 2.50. The summed E-state index contributed by atoms with van der Waals surface area (Å²) in [5.74, 6) is 0.264. The van der Waals surface area contributed by atoms with Crippen LogP contribution in [0.2, 0.25) is 0 Å². The number of aliphatic hydroxyl groups is 1. The highest BCUT2D eigenvalue weighted by Gasteiger charge is 2.25. The Morgan fingerprint density at radius 3 is 2.88 bits per heavy atom. The number of hydrogen-bond acceptors (Lipinski definition) is 5. The van der Waals surface area contributed by atoms with Gasteiger partial charge in [-0.3, -0.25) is 9.58 Å². The highest BCUT2D eigenvalue weighted by Crippen LogP contribution is 2.19. The van der Waals surface area contributed by atoms with Crippen LogP contribution in [-0.4, -0.2) is 56.6 Å². The first-order chi connectivity index (χ1) is 11.7. The fourth-order valence-electron chi connectivity index (χ4n) is 3.10. The van der Waals surface area contributed by atoms with Gasteiger partial charge in [-0.2, -0.15) is 5.10 Å². The quantitative estimate of drug-likeness (QED) is 0.835. The van der Waals surface area contributed by atoms with Crippen molar-refractivity contribution in [2.24, 2.45) is 0 Å². The Hall–Kier alpha value is -1.99. The van der Waals surface area contributed by atoms with E-state index in [9.17, 15) is 9.50 Å². The summed E-state index contributed by atoms with van der Waals surface area (Å²) < 4.78 is 20.2. The topological polar surface area (TPSA) is 63.4 Å². The monoisotopic (exact) mass is 334 g/mol. The fourth-order valence-corrected chi connectivity index (χ4v) is 3.10. The number of rotatable bonds is 7. The van der Waals surface area contributed by atoms with Crippen molar-refractivity contribution in [3.8, 4) is 5.75 Å². The number of nitrogens with zero attached hydrogens (tertiary/aromatic N) is 4. The van der Waals surface area contributed by atoms with Gasteiger partial charge in [0.1, 0.15) is 36.9 Å². The minimum absolute atomic E-state index is 0.193. The summed E-state index contributed by atoms with van der Waals surface area (Å²) in [4.78, 5) is 6.28. The molecule has 1 aliphatic rings. The third-order valence-corrected chi connectivity index (χ3v) is 4.31. The van der Waals surface area contributed by atoms with Crippen molar-refractivity contribution in [3.63, 3.8) is 0 Å². The van der Waals surface area contributed by atoms with Gasteiger partial charge in [0.25, 0.3) is 0 Å². The van der Waals surface area contributed by atoms with E-state index in [1.165, 1.54) is 18.6 Å². The zero-order chi connectivity index (χ0) is 16.8. The van der Waals surface area contributed by atoms with Crippen molar-refractivity contribution in [2.45, 2.75) is 38.0 Å². The Kier molecular flexibility index (Phi) is 5.77. The summed E-state index contributed by atoms with van der Waals surface area (Å²) in [5, 5.41) is 14.5. The third-order valence-electron chi connectivity index (χ3n) is 4.31. The first-order valence-corrected chi connectivity index (χ1v) is 8.33. The average Bonchev–Trinajstić information content (AvgIpc) is 3.09. The summed E-state index contributed by atoms with van der Waals surface area (Å²) in [5.41, 5.74) is 0. The molecule has 0 radical (unpaired) electrons. The van der Waals surface area contributed by atoms with Gasteiger partial charge in [0.05, 0.1) is 6.54 Å². The van der Waals surface area contributed by atoms with Crippen LogP contribution in [0.25, 0.3) is 0 Å². The van der Waals surface area contributed by atoms with E-state index < -0.39 is 6.10 Å². The van der Waals surface area contributed by atoms with Gasteiger partial charge in [-0.05, 0) is 43.7 Å². The summed E-state index contributed by atoms with van der Waals surface area (Å²) >= 11 is 0. The second kappa shape index (κ2) is 8.21. The predicted molar refractivity (Wildman–Crippen MR) is 87.1 cm³/mol. The second-order valence-corrected chi connectivity index (χ2v) is 6.18. The number of aromatic nitrogens is 3. The number of β-amino-alcohol motifs (C(OH)–C–C–N with tert-alkyl or cyclic N) is 1. The second-order valence-electron chi connectivity index (χ2n) is 6.18. The number of halogens is 1. The summed E-state index contributed by atoms with van der Waals surface area (Å²) in [6.07, 6.45) is 6.09. The predicted octanol–water partition coefficient (Wildman–Crippen LogP) is 1.71. The molecule has 130 valence electrons. The molecule has 1 aliphatic heterocycles. The third kappa shape index (κ3) is 4.75. The maximum Gasteiger partial charge on any atom is 0.137 e. The highest BCUT2D eigenvalue weighted by molar-refractivity contribution is 5.22. The minimum atomic E-state index is -0.591. The molecule has 7 heteroatoms. The number of ether oxygens (including phenoxy) is 1. The van der Waals surface area contributed by atoms with Gasteiger partial charge in [0.15, 0.2) is 0 Å². The molecule has 0 unspecified atom stereocenters. The van der Waals surface area contributed by atoms with Crippen LogP contribution in [-0.2, 0) is 6.54 Å². The van der Waals surface area contributed by atoms with E-state index in [4.69, 9.17) is 4.74 Å². The van der Waals surface area contributed by atoms with E-state index >= 15 is 0 Å². The van der Waals surface area contributed by atoms with Crippen LogP contribution >= 0.6 is 0 Å². The molecule has 0 aliphatic carbocycles. The molecule has 2 atom stereocenters. The van der Waals surface area contributed by atoms with Gasteiger partial charge in [-0.15, -0.1) is 0 Å². The maximum atomic E-state index is 12.9. The molecule has 0 amide bonds. The molecule has 2 aromatic rings. The Labute approximate surface area is 140 Å². The number of aliphatic hydroxyl groups excluding tert-OH is 1. The van der Waals surface area contributed by atoms with Gasteiger partial charge in [0.2, 0.25) is 0 Å². The van der Waals surface area contributed by atoms with Crippen molar-refractivity contribution in [1.82, 2.24) is 19.7 Å². The van der Waals surface area contributed by atoms with Crippen molar-refractivity contribution >= 4 is 0 Å². The molecule has 6 nitrogen and oxygen atoms in total. The van der Waals surface area contributed by atoms with Crippen molar-refractivity contribution < 1.29 is 14.2 Å². The molecule has 1 fully saturated rings. The Balaban J connectivity index is 1.49. The number of benzene rings is 1. The maximum absolute atomic E-state index is 12.9. The van der Waals surface area contributed by atoms with E-state index in [2.05, 4.69) is 15.0 Å². The normalized spacial score (nSPS) is 20.0.